The average Bonchev–Trinajstić information content (AvgIpc) is 3.71. The number of hydrogen-bond acceptors (Lipinski definition) is 9. The minimum Gasteiger partial charge on any atom is -0.355 e. The SMILES string of the molecule is CNC(=O)c1cc(-n2cncn2)cc(C)c1NC(=O)c1cc(Cn2nnc(C(F)(F)F)n2)nn1-c1ncccc1Cl. The van der Waals surface area contributed by atoms with Crippen LogP contribution in [-0.4, -0.2) is 68.6 Å². The molecule has 5 aromatic rings. The Morgan fingerprint density at radius 3 is 2.59 bits per heavy atom. The van der Waals surface area contributed by atoms with Crippen LogP contribution in [0.25, 0.3) is 11.5 Å². The van der Waals surface area contributed by atoms with Crippen molar-refractivity contribution in [1.82, 2.24) is 55.1 Å². The second-order valence-electron chi connectivity index (χ2n) is 8.44. The number of rotatable bonds is 7. The van der Waals surface area contributed by atoms with Crippen molar-refractivity contribution in [3.8, 4) is 11.5 Å². The molecule has 2 amide bonds. The van der Waals surface area contributed by atoms with Gasteiger partial charge in [-0.05, 0) is 48.0 Å². The van der Waals surface area contributed by atoms with Gasteiger partial charge in [0.15, 0.2) is 5.82 Å². The molecule has 0 unspecified atom stereocenters. The Morgan fingerprint density at radius 2 is 1.93 bits per heavy atom. The van der Waals surface area contributed by atoms with Crippen LogP contribution >= 0.6 is 11.6 Å². The summed E-state index contributed by atoms with van der Waals surface area (Å²) in [4.78, 5) is 35.2. The number of benzene rings is 1. The number of nitrogens with zero attached hydrogens (tertiary/aromatic N) is 10. The number of nitrogens with one attached hydrogen (secondary N) is 2. The summed E-state index contributed by atoms with van der Waals surface area (Å²) in [6, 6.07) is 7.64. The third kappa shape index (κ3) is 5.60. The van der Waals surface area contributed by atoms with Gasteiger partial charge in [-0.3, -0.25) is 9.59 Å². The lowest BCUT2D eigenvalue weighted by Gasteiger charge is -2.16. The first-order valence-corrected chi connectivity index (χ1v) is 12.0. The van der Waals surface area contributed by atoms with Gasteiger partial charge in [0.25, 0.3) is 17.6 Å². The Balaban J connectivity index is 1.54. The van der Waals surface area contributed by atoms with Crippen molar-refractivity contribution in [1.29, 1.82) is 0 Å². The molecular weight excluding hydrogens is 569 g/mol. The quantitative estimate of drug-likeness (QED) is 0.291. The third-order valence-corrected chi connectivity index (χ3v) is 5.95. The molecule has 0 bridgehead atoms. The molecule has 0 spiro atoms. The van der Waals surface area contributed by atoms with E-state index in [0.29, 0.717) is 16.0 Å². The van der Waals surface area contributed by atoms with E-state index >= 15 is 0 Å². The normalized spacial score (nSPS) is 11.5. The molecular formula is C23H18ClF3N12O2. The number of pyridine rings is 1. The summed E-state index contributed by atoms with van der Waals surface area (Å²) in [5.74, 6) is -2.54. The summed E-state index contributed by atoms with van der Waals surface area (Å²) >= 11 is 6.31. The van der Waals surface area contributed by atoms with E-state index in [0.717, 1.165) is 4.68 Å². The van der Waals surface area contributed by atoms with Crippen molar-refractivity contribution in [3.63, 3.8) is 0 Å². The van der Waals surface area contributed by atoms with Gasteiger partial charge < -0.3 is 10.6 Å². The molecule has 0 saturated heterocycles. The predicted octanol–water partition coefficient (Wildman–Crippen LogP) is 2.48. The van der Waals surface area contributed by atoms with Crippen LogP contribution in [0.4, 0.5) is 18.9 Å². The third-order valence-electron chi connectivity index (χ3n) is 5.66. The zero-order chi connectivity index (χ0) is 29.3. The topological polar surface area (TPSA) is 163 Å². The van der Waals surface area contributed by atoms with Gasteiger partial charge in [0, 0.05) is 13.2 Å². The highest BCUT2D eigenvalue weighted by Gasteiger charge is 2.37. The number of amides is 2. The first-order valence-electron chi connectivity index (χ1n) is 11.6. The molecule has 0 aliphatic heterocycles. The molecule has 1 aromatic carbocycles. The molecule has 0 aliphatic carbocycles. The largest absolute Gasteiger partial charge is 0.455 e. The fourth-order valence-corrected chi connectivity index (χ4v) is 4.03. The van der Waals surface area contributed by atoms with E-state index in [9.17, 15) is 22.8 Å². The maximum atomic E-state index is 13.6. The maximum absolute atomic E-state index is 13.6. The van der Waals surface area contributed by atoms with Crippen LogP contribution in [-0.2, 0) is 12.7 Å². The fourth-order valence-electron chi connectivity index (χ4n) is 3.83. The van der Waals surface area contributed by atoms with E-state index < -0.39 is 23.8 Å². The van der Waals surface area contributed by atoms with Gasteiger partial charge in [-0.1, -0.05) is 11.6 Å². The van der Waals surface area contributed by atoms with Crippen molar-refractivity contribution in [2.24, 2.45) is 0 Å². The van der Waals surface area contributed by atoms with Gasteiger partial charge >= 0.3 is 6.18 Å². The molecule has 5 rings (SSSR count). The van der Waals surface area contributed by atoms with Gasteiger partial charge in [0.05, 0.1) is 27.7 Å². The summed E-state index contributed by atoms with van der Waals surface area (Å²) in [5, 5.41) is 23.6. The van der Waals surface area contributed by atoms with E-state index in [1.54, 1.807) is 19.1 Å². The van der Waals surface area contributed by atoms with Crippen LogP contribution in [0.5, 0.6) is 0 Å². The number of aryl methyl sites for hydroxylation is 1. The van der Waals surface area contributed by atoms with Gasteiger partial charge in [0.2, 0.25) is 0 Å². The monoisotopic (exact) mass is 586 g/mol. The van der Waals surface area contributed by atoms with Gasteiger partial charge in [-0.2, -0.15) is 28.2 Å². The van der Waals surface area contributed by atoms with Gasteiger partial charge in [-0.25, -0.2) is 19.3 Å². The molecule has 210 valence electrons. The molecule has 4 heterocycles. The van der Waals surface area contributed by atoms with Crippen LogP contribution in [0.1, 0.15) is 37.9 Å². The van der Waals surface area contributed by atoms with Crippen molar-refractivity contribution in [2.75, 3.05) is 12.4 Å². The minimum atomic E-state index is -4.78. The van der Waals surface area contributed by atoms with Crippen LogP contribution in [0, 0.1) is 6.92 Å². The Hall–Kier alpha value is -5.19. The summed E-state index contributed by atoms with van der Waals surface area (Å²) in [6.45, 7) is 1.34. The first-order chi connectivity index (χ1) is 19.5. The smallest absolute Gasteiger partial charge is 0.355 e. The summed E-state index contributed by atoms with van der Waals surface area (Å²) in [6.07, 6.45) is -0.562. The number of carbonyl (C=O) groups excluding carboxylic acids is 2. The second kappa shape index (κ2) is 10.8. The van der Waals surface area contributed by atoms with E-state index in [2.05, 4.69) is 46.2 Å². The number of halogens is 4. The zero-order valence-electron chi connectivity index (χ0n) is 21.1. The van der Waals surface area contributed by atoms with Gasteiger partial charge in [0.1, 0.15) is 24.9 Å². The highest BCUT2D eigenvalue weighted by molar-refractivity contribution is 6.32. The van der Waals surface area contributed by atoms with E-state index in [1.807, 2.05) is 0 Å². The Bertz CT molecular complexity index is 1750. The van der Waals surface area contributed by atoms with E-state index in [4.69, 9.17) is 11.6 Å². The van der Waals surface area contributed by atoms with Crippen molar-refractivity contribution in [3.05, 3.63) is 82.5 Å². The molecule has 41 heavy (non-hydrogen) atoms. The lowest BCUT2D eigenvalue weighted by Crippen LogP contribution is -2.24. The van der Waals surface area contributed by atoms with Crippen LogP contribution < -0.4 is 10.6 Å². The molecule has 2 N–H and O–H groups in total. The molecule has 0 radical (unpaired) electrons. The minimum absolute atomic E-state index is 0.0814. The second-order valence-corrected chi connectivity index (χ2v) is 8.85. The number of tetrazole rings is 1. The van der Waals surface area contributed by atoms with Gasteiger partial charge in [-0.15, -0.1) is 10.2 Å². The number of anilines is 1. The van der Waals surface area contributed by atoms with Crippen molar-refractivity contribution >= 4 is 29.1 Å². The molecule has 14 nitrogen and oxygen atoms in total. The molecule has 0 aliphatic rings. The van der Waals surface area contributed by atoms with Crippen LogP contribution in [0.15, 0.2) is 49.2 Å². The lowest BCUT2D eigenvalue weighted by molar-refractivity contribution is -0.145. The highest BCUT2D eigenvalue weighted by Crippen LogP contribution is 2.27. The molecule has 0 fully saturated rings. The van der Waals surface area contributed by atoms with Crippen molar-refractivity contribution < 1.29 is 22.8 Å². The van der Waals surface area contributed by atoms with E-state index in [1.165, 1.54) is 48.8 Å². The fraction of sp³-hybridized carbons (Fsp3) is 0.174. The predicted molar refractivity (Wildman–Crippen MR) is 136 cm³/mol. The summed E-state index contributed by atoms with van der Waals surface area (Å²) < 4.78 is 41.4. The Labute approximate surface area is 233 Å². The van der Waals surface area contributed by atoms with Crippen LogP contribution in [0.3, 0.4) is 0 Å². The number of alkyl halides is 3. The molecule has 0 atom stereocenters. The van der Waals surface area contributed by atoms with Crippen molar-refractivity contribution in [2.45, 2.75) is 19.6 Å². The first kappa shape index (κ1) is 27.4. The molecule has 18 heteroatoms. The highest BCUT2D eigenvalue weighted by atomic mass is 35.5. The average molecular weight is 587 g/mol. The maximum Gasteiger partial charge on any atom is 0.455 e. The summed E-state index contributed by atoms with van der Waals surface area (Å²) in [7, 11) is 1.44. The van der Waals surface area contributed by atoms with Crippen LogP contribution in [0.2, 0.25) is 5.02 Å². The van der Waals surface area contributed by atoms with E-state index in [-0.39, 0.29) is 40.0 Å². The standard InChI is InChI=1S/C23H18ClF3N12O2/c1-12-6-14(37-11-29-10-31-37)8-15(20(40)28-2)18(12)32-21(41)17-7-13(9-38-35-22(33-36-38)23(25,26)27)34-39(17)19-16(24)4-3-5-30-19/h3-8,10-11H,9H2,1-2H3,(H,28,40)(H,32,41). The lowest BCUT2D eigenvalue weighted by atomic mass is 10.1. The molecule has 0 saturated carbocycles. The molecule has 4 aromatic heterocycles. The number of carbonyl (C=O) groups is 2. The Morgan fingerprint density at radius 1 is 1.12 bits per heavy atom. The number of hydrogen-bond donors (Lipinski definition) is 2. The number of aromatic nitrogens is 10. The Kier molecular flexibility index (Phi) is 7.19. The summed E-state index contributed by atoms with van der Waals surface area (Å²) in [5.41, 5.74) is 1.42. The zero-order valence-corrected chi connectivity index (χ0v) is 21.9.